The zero-order chi connectivity index (χ0) is 15.6. The van der Waals surface area contributed by atoms with Gasteiger partial charge in [0.25, 0.3) is 0 Å². The van der Waals surface area contributed by atoms with E-state index in [2.05, 4.69) is 10.6 Å². The smallest absolute Gasteiger partial charge is 0.244 e. The Kier molecular flexibility index (Phi) is 7.10. The van der Waals surface area contributed by atoms with Gasteiger partial charge in [-0.15, -0.1) is 0 Å². The predicted molar refractivity (Wildman–Crippen MR) is 87.9 cm³/mol. The zero-order valence-corrected chi connectivity index (χ0v) is 13.0. The molecule has 0 atom stereocenters. The number of amides is 1. The second-order valence-electron chi connectivity index (χ2n) is 5.79. The van der Waals surface area contributed by atoms with Crippen molar-refractivity contribution in [3.05, 3.63) is 41.7 Å². The highest BCUT2D eigenvalue weighted by atomic mass is 19.1. The lowest BCUT2D eigenvalue weighted by atomic mass is 9.95. The highest BCUT2D eigenvalue weighted by Gasteiger charge is 2.11. The summed E-state index contributed by atoms with van der Waals surface area (Å²) >= 11 is 0. The maximum atomic E-state index is 13.4. The minimum atomic E-state index is -0.316. The van der Waals surface area contributed by atoms with Crippen LogP contribution in [0.2, 0.25) is 0 Å². The average molecular weight is 304 g/mol. The Hall–Kier alpha value is -1.68. The van der Waals surface area contributed by atoms with Crippen LogP contribution >= 0.6 is 0 Å². The van der Waals surface area contributed by atoms with E-state index in [1.165, 1.54) is 50.3 Å². The summed E-state index contributed by atoms with van der Waals surface area (Å²) in [6, 6.07) is 7.07. The molecule has 3 nitrogen and oxygen atoms in total. The second kappa shape index (κ2) is 9.36. The van der Waals surface area contributed by atoms with Crippen LogP contribution in [0.15, 0.2) is 30.3 Å². The van der Waals surface area contributed by atoms with Gasteiger partial charge < -0.3 is 10.6 Å². The standard InChI is InChI=1S/C18H25FN2O/c19-17-10-5-4-7-15(17)11-12-18(22)21-14-6-13-20-16-8-2-1-3-9-16/h4-5,7,10-12,16,20H,1-3,6,8-9,13-14H2,(H,21,22). The summed E-state index contributed by atoms with van der Waals surface area (Å²) in [7, 11) is 0. The normalized spacial score (nSPS) is 16.0. The lowest BCUT2D eigenvalue weighted by Gasteiger charge is -2.22. The molecule has 0 unspecified atom stereocenters. The monoisotopic (exact) mass is 304 g/mol. The molecule has 1 amide bonds. The Bertz CT molecular complexity index is 496. The lowest BCUT2D eigenvalue weighted by Crippen LogP contribution is -2.33. The molecule has 22 heavy (non-hydrogen) atoms. The molecule has 0 saturated heterocycles. The quantitative estimate of drug-likeness (QED) is 0.599. The molecule has 0 radical (unpaired) electrons. The molecule has 1 aliphatic carbocycles. The highest BCUT2D eigenvalue weighted by Crippen LogP contribution is 2.17. The Labute approximate surface area is 132 Å². The van der Waals surface area contributed by atoms with Gasteiger partial charge in [-0.05, 0) is 37.9 Å². The van der Waals surface area contributed by atoms with E-state index in [-0.39, 0.29) is 11.7 Å². The molecule has 0 bridgehead atoms. The minimum absolute atomic E-state index is 0.180. The van der Waals surface area contributed by atoms with Crippen molar-refractivity contribution in [3.63, 3.8) is 0 Å². The third-order valence-corrected chi connectivity index (χ3v) is 4.01. The topological polar surface area (TPSA) is 41.1 Å². The molecule has 120 valence electrons. The first kappa shape index (κ1) is 16.7. The van der Waals surface area contributed by atoms with Gasteiger partial charge in [-0.3, -0.25) is 4.79 Å². The van der Waals surface area contributed by atoms with Crippen molar-refractivity contribution in [2.45, 2.75) is 44.6 Å². The molecule has 0 aliphatic heterocycles. The lowest BCUT2D eigenvalue weighted by molar-refractivity contribution is -0.116. The van der Waals surface area contributed by atoms with Gasteiger partial charge in [-0.2, -0.15) is 0 Å². The molecule has 4 heteroatoms. The first-order chi connectivity index (χ1) is 10.8. The van der Waals surface area contributed by atoms with E-state index >= 15 is 0 Å². The number of carbonyl (C=O) groups excluding carboxylic acids is 1. The van der Waals surface area contributed by atoms with Crippen molar-refractivity contribution in [1.82, 2.24) is 10.6 Å². The van der Waals surface area contributed by atoms with Crippen molar-refractivity contribution in [2.75, 3.05) is 13.1 Å². The fraction of sp³-hybridized carbons (Fsp3) is 0.500. The summed E-state index contributed by atoms with van der Waals surface area (Å²) in [6.07, 6.45) is 10.4. The van der Waals surface area contributed by atoms with Crippen molar-refractivity contribution >= 4 is 12.0 Å². The van der Waals surface area contributed by atoms with Gasteiger partial charge in [-0.25, -0.2) is 4.39 Å². The fourth-order valence-corrected chi connectivity index (χ4v) is 2.75. The molecule has 2 N–H and O–H groups in total. The maximum absolute atomic E-state index is 13.4. The van der Waals surface area contributed by atoms with Crippen molar-refractivity contribution in [2.24, 2.45) is 0 Å². The fourth-order valence-electron chi connectivity index (χ4n) is 2.75. The Morgan fingerprint density at radius 3 is 2.73 bits per heavy atom. The van der Waals surface area contributed by atoms with Gasteiger partial charge in [0, 0.05) is 24.2 Å². The minimum Gasteiger partial charge on any atom is -0.353 e. The van der Waals surface area contributed by atoms with E-state index in [0.29, 0.717) is 18.2 Å². The number of benzene rings is 1. The van der Waals surface area contributed by atoms with Crippen LogP contribution in [0.4, 0.5) is 4.39 Å². The van der Waals surface area contributed by atoms with Crippen molar-refractivity contribution in [1.29, 1.82) is 0 Å². The summed E-state index contributed by atoms with van der Waals surface area (Å²) in [5, 5.41) is 6.36. The van der Waals surface area contributed by atoms with Gasteiger partial charge >= 0.3 is 0 Å². The summed E-state index contributed by atoms with van der Waals surface area (Å²) in [5.41, 5.74) is 0.427. The van der Waals surface area contributed by atoms with Crippen LogP contribution in [-0.2, 0) is 4.79 Å². The van der Waals surface area contributed by atoms with Crippen LogP contribution in [0.5, 0.6) is 0 Å². The Morgan fingerprint density at radius 1 is 1.18 bits per heavy atom. The van der Waals surface area contributed by atoms with Gasteiger partial charge in [0.2, 0.25) is 5.91 Å². The average Bonchev–Trinajstić information content (AvgIpc) is 2.55. The van der Waals surface area contributed by atoms with Crippen LogP contribution in [0.1, 0.15) is 44.1 Å². The van der Waals surface area contributed by atoms with Gasteiger partial charge in [0.05, 0.1) is 0 Å². The molecular formula is C18H25FN2O. The third-order valence-electron chi connectivity index (χ3n) is 4.01. The molecule has 1 saturated carbocycles. The van der Waals surface area contributed by atoms with E-state index in [4.69, 9.17) is 0 Å². The molecule has 1 fully saturated rings. The number of nitrogens with one attached hydrogen (secondary N) is 2. The van der Waals surface area contributed by atoms with E-state index in [9.17, 15) is 9.18 Å². The van der Waals surface area contributed by atoms with Crippen LogP contribution < -0.4 is 10.6 Å². The number of carbonyl (C=O) groups is 1. The zero-order valence-electron chi connectivity index (χ0n) is 13.0. The largest absolute Gasteiger partial charge is 0.353 e. The van der Waals surface area contributed by atoms with Gasteiger partial charge in [-0.1, -0.05) is 37.5 Å². The summed E-state index contributed by atoms with van der Waals surface area (Å²) in [6.45, 7) is 1.57. The first-order valence-corrected chi connectivity index (χ1v) is 8.19. The number of hydrogen-bond acceptors (Lipinski definition) is 2. The summed E-state index contributed by atoms with van der Waals surface area (Å²) in [5.74, 6) is -0.496. The number of rotatable bonds is 7. The molecule has 2 rings (SSSR count). The molecule has 0 heterocycles. The number of halogens is 1. The Balaban J connectivity index is 1.58. The Morgan fingerprint density at radius 2 is 1.95 bits per heavy atom. The van der Waals surface area contributed by atoms with Crippen molar-refractivity contribution in [3.8, 4) is 0 Å². The molecule has 1 aliphatic rings. The molecule has 0 aromatic heterocycles. The molecule has 1 aromatic rings. The van der Waals surface area contributed by atoms with Gasteiger partial charge in [0.1, 0.15) is 5.82 Å². The maximum Gasteiger partial charge on any atom is 0.244 e. The van der Waals surface area contributed by atoms with Gasteiger partial charge in [0.15, 0.2) is 0 Å². The summed E-state index contributed by atoms with van der Waals surface area (Å²) < 4.78 is 13.4. The second-order valence-corrected chi connectivity index (χ2v) is 5.79. The predicted octanol–water partition coefficient (Wildman–Crippen LogP) is 3.27. The van der Waals surface area contributed by atoms with Crippen LogP contribution in [0.3, 0.4) is 0 Å². The van der Waals surface area contributed by atoms with Crippen LogP contribution in [0.25, 0.3) is 6.08 Å². The van der Waals surface area contributed by atoms with E-state index in [1.54, 1.807) is 18.2 Å². The SMILES string of the molecule is O=C(C=Cc1ccccc1F)NCCCNC1CCCCC1. The van der Waals surface area contributed by atoms with E-state index < -0.39 is 0 Å². The van der Waals surface area contributed by atoms with E-state index in [1.807, 2.05) is 0 Å². The van der Waals surface area contributed by atoms with Crippen LogP contribution in [-0.4, -0.2) is 25.0 Å². The highest BCUT2D eigenvalue weighted by molar-refractivity contribution is 5.91. The molecular weight excluding hydrogens is 279 g/mol. The number of hydrogen-bond donors (Lipinski definition) is 2. The molecule has 0 spiro atoms. The van der Waals surface area contributed by atoms with Crippen LogP contribution in [0, 0.1) is 5.82 Å². The summed E-state index contributed by atoms with van der Waals surface area (Å²) in [4.78, 5) is 11.7. The molecule has 1 aromatic carbocycles. The third kappa shape index (κ3) is 5.98. The van der Waals surface area contributed by atoms with E-state index in [0.717, 1.165) is 13.0 Å². The first-order valence-electron chi connectivity index (χ1n) is 8.19. The van der Waals surface area contributed by atoms with Crippen molar-refractivity contribution < 1.29 is 9.18 Å².